The van der Waals surface area contributed by atoms with Crippen molar-refractivity contribution in [3.05, 3.63) is 70.0 Å². The molecule has 2 aromatic carbocycles. The first kappa shape index (κ1) is 29.0. The van der Waals surface area contributed by atoms with Gasteiger partial charge in [0.1, 0.15) is 22.8 Å². The van der Waals surface area contributed by atoms with Gasteiger partial charge in [-0.15, -0.1) is 0 Å². The number of nitrogens with two attached hydrogens (primary N) is 1. The Morgan fingerprint density at radius 2 is 1.85 bits per heavy atom. The average molecular weight is 551 g/mol. The van der Waals surface area contributed by atoms with E-state index < -0.39 is 58.0 Å². The number of phenolic OH excluding ortho intramolecular Hbond substituents is 1. The molecule has 1 saturated carbocycles. The van der Waals surface area contributed by atoms with E-state index >= 15 is 0 Å². The van der Waals surface area contributed by atoms with Gasteiger partial charge in [0.05, 0.1) is 18.2 Å². The molecule has 3 aliphatic carbocycles. The molecule has 0 aromatic heterocycles. The van der Waals surface area contributed by atoms with E-state index in [1.807, 2.05) is 24.3 Å². The highest BCUT2D eigenvalue weighted by Gasteiger charge is 2.64. The van der Waals surface area contributed by atoms with Gasteiger partial charge < -0.3 is 30.9 Å². The molecule has 0 spiro atoms. The number of ether oxygens (including phenoxy) is 1. The molecule has 0 aliphatic heterocycles. The fourth-order valence-corrected chi connectivity index (χ4v) is 6.51. The molecule has 0 bridgehead atoms. The zero-order chi connectivity index (χ0) is 28.4. The van der Waals surface area contributed by atoms with Crippen molar-refractivity contribution in [3.63, 3.8) is 0 Å². The number of nitrogens with zero attached hydrogens (tertiary/aromatic N) is 1. The third-order valence-electron chi connectivity index (χ3n) is 8.15. The number of amides is 1. The summed E-state index contributed by atoms with van der Waals surface area (Å²) in [6.07, 6.45) is 0.247. The van der Waals surface area contributed by atoms with E-state index in [0.717, 1.165) is 16.7 Å². The van der Waals surface area contributed by atoms with E-state index in [-0.39, 0.29) is 37.2 Å². The van der Waals surface area contributed by atoms with Gasteiger partial charge in [0.15, 0.2) is 11.4 Å². The van der Waals surface area contributed by atoms with Gasteiger partial charge >= 0.3 is 0 Å². The van der Waals surface area contributed by atoms with E-state index in [4.69, 9.17) is 10.5 Å². The molecule has 3 aliphatic rings. The smallest absolute Gasteiger partial charge is 0.255 e. The number of fused-ring (bicyclic) bond motifs is 3. The highest BCUT2D eigenvalue weighted by atomic mass is 16.5. The molecule has 0 heterocycles. The van der Waals surface area contributed by atoms with Crippen LogP contribution in [0.25, 0.3) is 16.9 Å². The molecule has 2 aromatic rings. The maximum absolute atomic E-state index is 13.9. The summed E-state index contributed by atoms with van der Waals surface area (Å²) in [6, 6.07) is 9.64. The first-order valence-corrected chi connectivity index (χ1v) is 12.5. The normalized spacial score (nSPS) is 25.8. The predicted octanol–water partition coefficient (Wildman–Crippen LogP) is 2.41. The van der Waals surface area contributed by atoms with Gasteiger partial charge in [-0.05, 0) is 67.2 Å². The lowest BCUT2D eigenvalue weighted by molar-refractivity contribution is -0.153. The van der Waals surface area contributed by atoms with Crippen LogP contribution in [0.15, 0.2) is 53.3 Å². The predicted molar refractivity (Wildman–Crippen MR) is 147 cm³/mol. The summed E-state index contributed by atoms with van der Waals surface area (Å²) in [5.41, 5.74) is 4.83. The molecular weight excluding hydrogens is 516 g/mol. The van der Waals surface area contributed by atoms with Crippen molar-refractivity contribution in [2.24, 2.45) is 17.6 Å². The van der Waals surface area contributed by atoms with Crippen molar-refractivity contribution in [1.29, 1.82) is 0 Å². The molecule has 4 atom stereocenters. The summed E-state index contributed by atoms with van der Waals surface area (Å²) in [4.78, 5) is 40.7. The van der Waals surface area contributed by atoms with Crippen LogP contribution in [0.2, 0.25) is 0 Å². The first-order valence-electron chi connectivity index (χ1n) is 12.5. The average Bonchev–Trinajstić information content (AvgIpc) is 2.86. The fraction of sp³-hybridized carbons (Fsp3) is 0.367. The van der Waals surface area contributed by atoms with E-state index in [1.165, 1.54) is 11.0 Å². The van der Waals surface area contributed by atoms with Gasteiger partial charge in [-0.3, -0.25) is 19.3 Å². The van der Waals surface area contributed by atoms with Crippen molar-refractivity contribution >= 4 is 23.2 Å². The summed E-state index contributed by atoms with van der Waals surface area (Å²) in [5.74, 6) is -6.72. The van der Waals surface area contributed by atoms with Crippen LogP contribution in [0.4, 0.5) is 0 Å². The van der Waals surface area contributed by atoms with Crippen LogP contribution < -0.4 is 5.73 Å². The lowest BCUT2D eigenvalue weighted by Crippen LogP contribution is -2.65. The van der Waals surface area contributed by atoms with Gasteiger partial charge in [0.2, 0.25) is 5.78 Å². The number of primary amides is 1. The monoisotopic (exact) mass is 550 g/mol. The van der Waals surface area contributed by atoms with E-state index in [1.54, 1.807) is 27.3 Å². The van der Waals surface area contributed by atoms with Gasteiger partial charge in [-0.2, -0.15) is 0 Å². The number of likely N-dealkylation sites (N-methyl/N-ethyl adjacent to an activating group) is 1. The zero-order valence-corrected chi connectivity index (χ0v) is 21.8. The number of benzene rings is 2. The molecule has 5 rings (SSSR count). The Morgan fingerprint density at radius 3 is 2.48 bits per heavy atom. The summed E-state index contributed by atoms with van der Waals surface area (Å²) in [6.45, 7) is 0.394. The highest BCUT2D eigenvalue weighted by Crippen LogP contribution is 2.53. The van der Waals surface area contributed by atoms with Crippen LogP contribution in [-0.2, 0) is 32.1 Å². The Kier molecular flexibility index (Phi) is 7.40. The second kappa shape index (κ2) is 10.2. The number of methoxy groups -OCH3 is 1. The number of Topliss-reactive ketones (excluding diaryl/α,β-unsaturated/α-hetero) is 2. The molecule has 0 unspecified atom stereocenters. The standard InChI is InChI=1S/C29H30N2O8.CH4/c1-31(2)23-18-11-15-10-17-16(14-6-4-5-13(9-14)12-39-3)7-8-19(32)21(17)24(33)20(15)26(35)29(18,38)27(36)22(25(23)34)28(30)37;/h4-9,15,18,23,32-33,36,38H,10-12H2,1-3H3,(H2,30,37);1H4/t15-,18-,23-,29-;/m0./s1. The number of ketones is 2. The Morgan fingerprint density at radius 1 is 1.15 bits per heavy atom. The summed E-state index contributed by atoms with van der Waals surface area (Å²) in [7, 11) is 4.73. The minimum absolute atomic E-state index is 0. The maximum Gasteiger partial charge on any atom is 0.255 e. The molecule has 0 saturated heterocycles. The van der Waals surface area contributed by atoms with Gasteiger partial charge in [-0.25, -0.2) is 0 Å². The topological polar surface area (TPSA) is 171 Å². The van der Waals surface area contributed by atoms with E-state index in [9.17, 15) is 34.8 Å². The first-order chi connectivity index (χ1) is 18.4. The van der Waals surface area contributed by atoms with E-state index in [2.05, 4.69) is 0 Å². The fourth-order valence-electron chi connectivity index (χ4n) is 6.51. The Balaban J connectivity index is 0.00000370. The largest absolute Gasteiger partial charge is 0.508 e. The Hall–Kier alpha value is -3.99. The van der Waals surface area contributed by atoms with Crippen molar-refractivity contribution in [2.75, 3.05) is 21.2 Å². The van der Waals surface area contributed by atoms with Crippen LogP contribution in [0.3, 0.4) is 0 Å². The number of aromatic hydroxyl groups is 1. The third kappa shape index (κ3) is 4.02. The second-order valence-electron chi connectivity index (χ2n) is 10.6. The number of rotatable bonds is 5. The Bertz CT molecular complexity index is 1490. The molecular formula is C30H34N2O8. The molecule has 40 heavy (non-hydrogen) atoms. The second-order valence-corrected chi connectivity index (χ2v) is 10.6. The maximum atomic E-state index is 13.9. The van der Waals surface area contributed by atoms with Crippen molar-refractivity contribution in [2.45, 2.75) is 38.5 Å². The minimum Gasteiger partial charge on any atom is -0.508 e. The highest BCUT2D eigenvalue weighted by molar-refractivity contribution is 6.24. The van der Waals surface area contributed by atoms with Gasteiger partial charge in [-0.1, -0.05) is 31.7 Å². The lowest BCUT2D eigenvalue weighted by Gasteiger charge is -2.50. The molecule has 10 heteroatoms. The number of carbonyl (C=O) groups excluding carboxylic acids is 3. The summed E-state index contributed by atoms with van der Waals surface area (Å²) < 4.78 is 5.25. The van der Waals surface area contributed by atoms with Crippen molar-refractivity contribution < 1.29 is 39.5 Å². The molecule has 6 N–H and O–H groups in total. The van der Waals surface area contributed by atoms with E-state index in [0.29, 0.717) is 12.2 Å². The SMILES string of the molecule is C.COCc1cccc(-c2ccc(O)c3c2C[C@H]2C[C@H]4[C@H](N(C)C)C(=O)C(C(N)=O)=C(O)[C@@]4(O)C(=O)C2=C3O)c1. The quantitative estimate of drug-likeness (QED) is 0.351. The minimum atomic E-state index is -2.66. The number of phenols is 1. The van der Waals surface area contributed by atoms with Crippen molar-refractivity contribution in [3.8, 4) is 16.9 Å². The van der Waals surface area contributed by atoms with Gasteiger partial charge in [0.25, 0.3) is 5.91 Å². The molecule has 1 fully saturated rings. The molecule has 1 amide bonds. The summed E-state index contributed by atoms with van der Waals surface area (Å²) >= 11 is 0. The number of aliphatic hydroxyl groups excluding tert-OH is 2. The van der Waals surface area contributed by atoms with Crippen LogP contribution in [0.5, 0.6) is 5.75 Å². The summed E-state index contributed by atoms with van der Waals surface area (Å²) in [5, 5.41) is 44.8. The third-order valence-corrected chi connectivity index (χ3v) is 8.15. The van der Waals surface area contributed by atoms with Crippen LogP contribution in [0, 0.1) is 11.8 Å². The van der Waals surface area contributed by atoms with Crippen molar-refractivity contribution in [1.82, 2.24) is 4.90 Å². The molecule has 10 nitrogen and oxygen atoms in total. The number of hydrogen-bond donors (Lipinski definition) is 5. The molecule has 0 radical (unpaired) electrons. The Labute approximate surface area is 232 Å². The lowest BCUT2D eigenvalue weighted by atomic mass is 9.57. The number of aliphatic hydroxyl groups is 3. The molecule has 212 valence electrons. The zero-order valence-electron chi connectivity index (χ0n) is 21.8. The van der Waals surface area contributed by atoms with Crippen LogP contribution >= 0.6 is 0 Å². The van der Waals surface area contributed by atoms with Gasteiger partial charge in [0, 0.05) is 18.6 Å². The van der Waals surface area contributed by atoms with Crippen LogP contribution in [0.1, 0.15) is 30.5 Å². The van der Waals surface area contributed by atoms with Crippen LogP contribution in [-0.4, -0.2) is 75.6 Å². The number of carbonyl (C=O) groups is 3. The number of hydrogen-bond acceptors (Lipinski definition) is 9.